The normalized spacial score (nSPS) is 20.6. The molecule has 0 aromatic heterocycles. The number of carboxylic acid groups (broad SMARTS) is 1. The molecule has 1 aliphatic rings. The number of rotatable bonds is 4. The number of aliphatic carboxylic acids is 1. The monoisotopic (exact) mass is 285 g/mol. The molecule has 3 N–H and O–H groups in total. The molecular formula is C12H19N3O5. The predicted octanol–water partition coefficient (Wildman–Crippen LogP) is -0.458. The fourth-order valence-electron chi connectivity index (χ4n) is 2.02. The van der Waals surface area contributed by atoms with Crippen molar-refractivity contribution in [2.24, 2.45) is 5.92 Å². The van der Waals surface area contributed by atoms with E-state index in [-0.39, 0.29) is 12.5 Å². The van der Waals surface area contributed by atoms with E-state index < -0.39 is 35.9 Å². The molecule has 1 saturated heterocycles. The molecule has 0 radical (unpaired) electrons. The van der Waals surface area contributed by atoms with Crippen molar-refractivity contribution in [1.82, 2.24) is 15.5 Å². The van der Waals surface area contributed by atoms with Gasteiger partial charge in [-0.25, -0.2) is 9.59 Å². The van der Waals surface area contributed by atoms with Crippen LogP contribution in [0.4, 0.5) is 4.79 Å². The SMILES string of the molecule is CCC1C(=O)NC(=O)CN1C(=O)NC(C(=O)O)C(C)C. The lowest BCUT2D eigenvalue weighted by molar-refractivity contribution is -0.140. The molecule has 4 amide bonds. The topological polar surface area (TPSA) is 116 Å². The Labute approximate surface area is 116 Å². The van der Waals surface area contributed by atoms with E-state index in [0.717, 1.165) is 4.90 Å². The van der Waals surface area contributed by atoms with Crippen LogP contribution in [0.1, 0.15) is 27.2 Å². The number of amides is 4. The number of piperazine rings is 1. The number of nitrogens with zero attached hydrogens (tertiary/aromatic N) is 1. The number of carbonyl (C=O) groups excluding carboxylic acids is 3. The van der Waals surface area contributed by atoms with Gasteiger partial charge in [-0.3, -0.25) is 14.9 Å². The number of carbonyl (C=O) groups is 4. The summed E-state index contributed by atoms with van der Waals surface area (Å²) in [5, 5.41) is 13.5. The summed E-state index contributed by atoms with van der Waals surface area (Å²) in [7, 11) is 0. The van der Waals surface area contributed by atoms with Gasteiger partial charge in [0, 0.05) is 0 Å². The second-order valence-electron chi connectivity index (χ2n) is 4.97. The van der Waals surface area contributed by atoms with Crippen LogP contribution < -0.4 is 10.6 Å². The summed E-state index contributed by atoms with van der Waals surface area (Å²) in [4.78, 5) is 47.2. The Kier molecular flexibility index (Phi) is 5.06. The summed E-state index contributed by atoms with van der Waals surface area (Å²) < 4.78 is 0. The molecular weight excluding hydrogens is 266 g/mol. The smallest absolute Gasteiger partial charge is 0.326 e. The van der Waals surface area contributed by atoms with Gasteiger partial charge in [0.1, 0.15) is 18.6 Å². The fraction of sp³-hybridized carbons (Fsp3) is 0.667. The van der Waals surface area contributed by atoms with Gasteiger partial charge in [-0.15, -0.1) is 0 Å². The Bertz CT molecular complexity index is 435. The summed E-state index contributed by atoms with van der Waals surface area (Å²) in [5.74, 6) is -2.60. The molecule has 0 spiro atoms. The predicted molar refractivity (Wildman–Crippen MR) is 68.7 cm³/mol. The van der Waals surface area contributed by atoms with Crippen LogP contribution in [-0.4, -0.2) is 52.4 Å². The van der Waals surface area contributed by atoms with Gasteiger partial charge in [0.25, 0.3) is 0 Å². The molecule has 1 heterocycles. The van der Waals surface area contributed by atoms with Gasteiger partial charge in [0.05, 0.1) is 0 Å². The van der Waals surface area contributed by atoms with Crippen LogP contribution in [0.2, 0.25) is 0 Å². The minimum Gasteiger partial charge on any atom is -0.480 e. The highest BCUT2D eigenvalue weighted by Gasteiger charge is 2.37. The first-order chi connectivity index (χ1) is 9.27. The maximum Gasteiger partial charge on any atom is 0.326 e. The van der Waals surface area contributed by atoms with Gasteiger partial charge in [0.15, 0.2) is 0 Å². The summed E-state index contributed by atoms with van der Waals surface area (Å²) >= 11 is 0. The molecule has 1 rings (SSSR count). The lowest BCUT2D eigenvalue weighted by atomic mass is 10.0. The van der Waals surface area contributed by atoms with Gasteiger partial charge < -0.3 is 15.3 Å². The first-order valence-electron chi connectivity index (χ1n) is 6.41. The van der Waals surface area contributed by atoms with Crippen molar-refractivity contribution in [3.8, 4) is 0 Å². The van der Waals surface area contributed by atoms with Crippen LogP contribution in [0.25, 0.3) is 0 Å². The van der Waals surface area contributed by atoms with Crippen LogP contribution in [0, 0.1) is 5.92 Å². The molecule has 1 aliphatic heterocycles. The molecule has 0 saturated carbocycles. The van der Waals surface area contributed by atoms with Gasteiger partial charge in [0.2, 0.25) is 11.8 Å². The highest BCUT2D eigenvalue weighted by Crippen LogP contribution is 2.11. The van der Waals surface area contributed by atoms with Gasteiger partial charge in [-0.1, -0.05) is 20.8 Å². The molecule has 2 atom stereocenters. The van der Waals surface area contributed by atoms with E-state index in [1.807, 2.05) is 0 Å². The zero-order valence-corrected chi connectivity index (χ0v) is 11.7. The second kappa shape index (κ2) is 6.36. The fourth-order valence-corrected chi connectivity index (χ4v) is 2.02. The summed E-state index contributed by atoms with van der Waals surface area (Å²) in [5.41, 5.74) is 0. The van der Waals surface area contributed by atoms with Gasteiger partial charge in [-0.05, 0) is 12.3 Å². The van der Waals surface area contributed by atoms with E-state index in [1.165, 1.54) is 0 Å². The van der Waals surface area contributed by atoms with Crippen molar-refractivity contribution in [2.75, 3.05) is 6.54 Å². The van der Waals surface area contributed by atoms with E-state index >= 15 is 0 Å². The van der Waals surface area contributed by atoms with Crippen molar-refractivity contribution in [1.29, 1.82) is 0 Å². The first kappa shape index (κ1) is 15.9. The van der Waals surface area contributed by atoms with Gasteiger partial charge in [-0.2, -0.15) is 0 Å². The molecule has 8 nitrogen and oxygen atoms in total. The minimum atomic E-state index is -1.16. The van der Waals surface area contributed by atoms with Crippen molar-refractivity contribution >= 4 is 23.8 Å². The van der Waals surface area contributed by atoms with E-state index in [1.54, 1.807) is 20.8 Å². The maximum absolute atomic E-state index is 12.1. The lowest BCUT2D eigenvalue weighted by Crippen LogP contribution is -2.63. The van der Waals surface area contributed by atoms with E-state index in [0.29, 0.717) is 6.42 Å². The minimum absolute atomic E-state index is 0.263. The molecule has 20 heavy (non-hydrogen) atoms. The number of carboxylic acids is 1. The first-order valence-corrected chi connectivity index (χ1v) is 6.41. The third-order valence-corrected chi connectivity index (χ3v) is 3.11. The molecule has 0 aromatic carbocycles. The van der Waals surface area contributed by atoms with E-state index in [9.17, 15) is 19.2 Å². The summed E-state index contributed by atoms with van der Waals surface area (Å²) in [6, 6.07) is -2.56. The van der Waals surface area contributed by atoms with Crippen LogP contribution in [-0.2, 0) is 14.4 Å². The average molecular weight is 285 g/mol. The quantitative estimate of drug-likeness (QED) is 0.605. The second-order valence-corrected chi connectivity index (χ2v) is 4.97. The highest BCUT2D eigenvalue weighted by atomic mass is 16.4. The van der Waals surface area contributed by atoms with Gasteiger partial charge >= 0.3 is 12.0 Å². The Morgan fingerprint density at radius 3 is 2.50 bits per heavy atom. The standard InChI is InChI=1S/C12H19N3O5/c1-4-7-10(17)13-8(16)5-15(7)12(20)14-9(6(2)3)11(18)19/h6-7,9H,4-5H2,1-3H3,(H,14,20)(H,18,19)(H,13,16,17). The number of urea groups is 1. The van der Waals surface area contributed by atoms with E-state index in [2.05, 4.69) is 10.6 Å². The Hall–Kier alpha value is -2.12. The van der Waals surface area contributed by atoms with Crippen LogP contribution >= 0.6 is 0 Å². The van der Waals surface area contributed by atoms with Crippen molar-refractivity contribution in [3.63, 3.8) is 0 Å². The summed E-state index contributed by atoms with van der Waals surface area (Å²) in [6.07, 6.45) is 0.339. The van der Waals surface area contributed by atoms with Crippen LogP contribution in [0.5, 0.6) is 0 Å². The number of hydrogen-bond donors (Lipinski definition) is 3. The number of imide groups is 1. The number of nitrogens with one attached hydrogen (secondary N) is 2. The number of hydrogen-bond acceptors (Lipinski definition) is 4. The Morgan fingerprint density at radius 2 is 2.05 bits per heavy atom. The largest absolute Gasteiger partial charge is 0.480 e. The maximum atomic E-state index is 12.1. The molecule has 1 fully saturated rings. The molecule has 0 aromatic rings. The summed E-state index contributed by atoms with van der Waals surface area (Å²) in [6.45, 7) is 4.76. The Balaban J connectivity index is 2.85. The third-order valence-electron chi connectivity index (χ3n) is 3.11. The lowest BCUT2D eigenvalue weighted by Gasteiger charge is -2.34. The highest BCUT2D eigenvalue weighted by molar-refractivity contribution is 6.04. The van der Waals surface area contributed by atoms with Crippen molar-refractivity contribution < 1.29 is 24.3 Å². The molecule has 0 bridgehead atoms. The van der Waals surface area contributed by atoms with Crippen molar-refractivity contribution in [2.45, 2.75) is 39.3 Å². The van der Waals surface area contributed by atoms with E-state index in [4.69, 9.17) is 5.11 Å². The average Bonchev–Trinajstić information content (AvgIpc) is 2.33. The third kappa shape index (κ3) is 3.46. The van der Waals surface area contributed by atoms with Crippen LogP contribution in [0.15, 0.2) is 0 Å². The molecule has 8 heteroatoms. The molecule has 112 valence electrons. The molecule has 0 aliphatic carbocycles. The van der Waals surface area contributed by atoms with Crippen molar-refractivity contribution in [3.05, 3.63) is 0 Å². The molecule has 2 unspecified atom stereocenters. The Morgan fingerprint density at radius 1 is 1.45 bits per heavy atom. The zero-order chi connectivity index (χ0) is 15.4. The zero-order valence-electron chi connectivity index (χ0n) is 11.7. The van der Waals surface area contributed by atoms with Crippen LogP contribution in [0.3, 0.4) is 0 Å².